The van der Waals surface area contributed by atoms with Crippen LogP contribution in [-0.4, -0.2) is 19.6 Å². The monoisotopic (exact) mass is 443 g/mol. The second-order valence-electron chi connectivity index (χ2n) is 6.06. The van der Waals surface area contributed by atoms with Crippen molar-refractivity contribution >= 4 is 41.3 Å². The minimum atomic E-state index is 0. The van der Waals surface area contributed by atoms with Crippen LogP contribution in [-0.2, 0) is 12.0 Å². The highest BCUT2D eigenvalue weighted by Gasteiger charge is 2.20. The van der Waals surface area contributed by atoms with Crippen molar-refractivity contribution in [1.29, 1.82) is 0 Å². The standard InChI is InChI=1S/C18H25N3S.HI/c1-14-10-11-22-16(14)12-20-17(19-4)21-13-18(2,3)15-8-6-5-7-9-15;/h5-11H,12-13H2,1-4H3,(H2,19,20,21);1H. The SMILES string of the molecule is CN=C(NCc1sccc1C)NCC(C)(C)c1ccccc1.I. The highest BCUT2D eigenvalue weighted by Crippen LogP contribution is 2.21. The predicted molar refractivity (Wildman–Crippen MR) is 112 cm³/mol. The van der Waals surface area contributed by atoms with Crippen LogP contribution in [0.4, 0.5) is 0 Å². The van der Waals surface area contributed by atoms with Crippen molar-refractivity contribution in [2.75, 3.05) is 13.6 Å². The van der Waals surface area contributed by atoms with Crippen LogP contribution >= 0.6 is 35.3 Å². The van der Waals surface area contributed by atoms with Gasteiger partial charge in [0.05, 0.1) is 6.54 Å². The average Bonchev–Trinajstić information content (AvgIpc) is 2.93. The summed E-state index contributed by atoms with van der Waals surface area (Å²) in [4.78, 5) is 5.67. The van der Waals surface area contributed by atoms with Crippen LogP contribution in [0.15, 0.2) is 46.8 Å². The van der Waals surface area contributed by atoms with Crippen molar-refractivity contribution in [1.82, 2.24) is 10.6 Å². The lowest BCUT2D eigenvalue weighted by Gasteiger charge is -2.26. The van der Waals surface area contributed by atoms with Crippen molar-refractivity contribution in [3.8, 4) is 0 Å². The molecule has 0 saturated heterocycles. The lowest BCUT2D eigenvalue weighted by atomic mass is 9.85. The van der Waals surface area contributed by atoms with Crippen LogP contribution in [0.2, 0.25) is 0 Å². The summed E-state index contributed by atoms with van der Waals surface area (Å²) < 4.78 is 0. The Morgan fingerprint density at radius 2 is 1.83 bits per heavy atom. The Morgan fingerprint density at radius 3 is 2.39 bits per heavy atom. The summed E-state index contributed by atoms with van der Waals surface area (Å²) in [6.07, 6.45) is 0. The Kier molecular flexibility index (Phi) is 8.05. The number of hydrogen-bond donors (Lipinski definition) is 2. The van der Waals surface area contributed by atoms with Gasteiger partial charge in [0.15, 0.2) is 5.96 Å². The molecule has 0 aliphatic heterocycles. The summed E-state index contributed by atoms with van der Waals surface area (Å²) in [5.74, 6) is 0.844. The molecule has 1 aromatic carbocycles. The van der Waals surface area contributed by atoms with E-state index < -0.39 is 0 Å². The van der Waals surface area contributed by atoms with Crippen LogP contribution in [0, 0.1) is 6.92 Å². The van der Waals surface area contributed by atoms with Crippen LogP contribution in [0.5, 0.6) is 0 Å². The Morgan fingerprint density at radius 1 is 1.13 bits per heavy atom. The van der Waals surface area contributed by atoms with E-state index >= 15 is 0 Å². The van der Waals surface area contributed by atoms with Gasteiger partial charge in [0.25, 0.3) is 0 Å². The Labute approximate surface area is 160 Å². The predicted octanol–water partition coefficient (Wildman–Crippen LogP) is 4.32. The van der Waals surface area contributed by atoms with Crippen LogP contribution in [0.1, 0.15) is 29.9 Å². The number of halogens is 1. The molecule has 2 N–H and O–H groups in total. The smallest absolute Gasteiger partial charge is 0.191 e. The minimum absolute atomic E-state index is 0. The van der Waals surface area contributed by atoms with Gasteiger partial charge in [-0.15, -0.1) is 35.3 Å². The average molecular weight is 443 g/mol. The zero-order valence-electron chi connectivity index (χ0n) is 14.2. The fourth-order valence-corrected chi connectivity index (χ4v) is 3.11. The first-order valence-corrected chi connectivity index (χ1v) is 8.44. The molecule has 0 radical (unpaired) electrons. The third-order valence-corrected chi connectivity index (χ3v) is 4.88. The third kappa shape index (κ3) is 5.80. The second kappa shape index (κ2) is 9.27. The highest BCUT2D eigenvalue weighted by molar-refractivity contribution is 14.0. The normalized spacial score (nSPS) is 11.7. The van der Waals surface area contributed by atoms with Crippen molar-refractivity contribution < 1.29 is 0 Å². The number of aryl methyl sites for hydroxylation is 1. The summed E-state index contributed by atoms with van der Waals surface area (Å²) in [6.45, 7) is 8.27. The summed E-state index contributed by atoms with van der Waals surface area (Å²) in [7, 11) is 1.81. The zero-order valence-corrected chi connectivity index (χ0v) is 17.4. The first-order chi connectivity index (χ1) is 10.5. The van der Waals surface area contributed by atoms with Crippen molar-refractivity contribution in [2.45, 2.75) is 32.7 Å². The maximum Gasteiger partial charge on any atom is 0.191 e. The second-order valence-corrected chi connectivity index (χ2v) is 7.06. The quantitative estimate of drug-likeness (QED) is 0.410. The molecule has 0 aliphatic rings. The van der Waals surface area contributed by atoms with Gasteiger partial charge in [-0.3, -0.25) is 4.99 Å². The van der Waals surface area contributed by atoms with Gasteiger partial charge in [-0.1, -0.05) is 44.2 Å². The largest absolute Gasteiger partial charge is 0.356 e. The minimum Gasteiger partial charge on any atom is -0.356 e. The number of aliphatic imine (C=N–C) groups is 1. The molecular weight excluding hydrogens is 417 g/mol. The molecule has 0 atom stereocenters. The maximum atomic E-state index is 4.31. The molecule has 0 saturated carbocycles. The highest BCUT2D eigenvalue weighted by atomic mass is 127. The van der Waals surface area contributed by atoms with E-state index in [1.165, 1.54) is 16.0 Å². The van der Waals surface area contributed by atoms with Gasteiger partial charge in [-0.05, 0) is 29.5 Å². The van der Waals surface area contributed by atoms with E-state index in [2.05, 4.69) is 78.2 Å². The van der Waals surface area contributed by atoms with Gasteiger partial charge in [-0.2, -0.15) is 0 Å². The number of nitrogens with one attached hydrogen (secondary N) is 2. The van der Waals surface area contributed by atoms with Crippen LogP contribution in [0.25, 0.3) is 0 Å². The molecule has 0 bridgehead atoms. The molecule has 2 rings (SSSR count). The Balaban J connectivity index is 0.00000264. The van der Waals surface area contributed by atoms with Crippen LogP contribution < -0.4 is 10.6 Å². The van der Waals surface area contributed by atoms with Gasteiger partial charge >= 0.3 is 0 Å². The van der Waals surface area contributed by atoms with Crippen molar-refractivity contribution in [2.24, 2.45) is 4.99 Å². The summed E-state index contributed by atoms with van der Waals surface area (Å²) in [5.41, 5.74) is 2.71. The van der Waals surface area contributed by atoms with E-state index in [0.717, 1.165) is 19.0 Å². The van der Waals surface area contributed by atoms with Gasteiger partial charge in [0.2, 0.25) is 0 Å². The van der Waals surface area contributed by atoms with E-state index in [0.29, 0.717) is 0 Å². The molecule has 2 aromatic rings. The first-order valence-electron chi connectivity index (χ1n) is 7.56. The number of nitrogens with zero attached hydrogens (tertiary/aromatic N) is 1. The molecule has 0 aliphatic carbocycles. The fraction of sp³-hybridized carbons (Fsp3) is 0.389. The third-order valence-electron chi connectivity index (χ3n) is 3.86. The molecule has 0 spiro atoms. The number of hydrogen-bond acceptors (Lipinski definition) is 2. The number of rotatable bonds is 5. The molecule has 3 nitrogen and oxygen atoms in total. The fourth-order valence-electron chi connectivity index (χ4n) is 2.27. The molecule has 126 valence electrons. The van der Waals surface area contributed by atoms with Gasteiger partial charge in [0, 0.05) is 23.9 Å². The van der Waals surface area contributed by atoms with E-state index in [-0.39, 0.29) is 29.4 Å². The summed E-state index contributed by atoms with van der Waals surface area (Å²) in [5, 5.41) is 8.95. The number of guanidine groups is 1. The molecule has 1 heterocycles. The van der Waals surface area contributed by atoms with Gasteiger partial charge < -0.3 is 10.6 Å². The molecule has 0 fully saturated rings. The maximum absolute atomic E-state index is 4.31. The van der Waals surface area contributed by atoms with Crippen molar-refractivity contribution in [3.63, 3.8) is 0 Å². The molecule has 5 heteroatoms. The van der Waals surface area contributed by atoms with Crippen LogP contribution in [0.3, 0.4) is 0 Å². The Hall–Kier alpha value is -1.08. The van der Waals surface area contributed by atoms with E-state index in [1.807, 2.05) is 7.05 Å². The zero-order chi connectivity index (χ0) is 16.0. The number of thiophene rings is 1. The van der Waals surface area contributed by atoms with Gasteiger partial charge in [0.1, 0.15) is 0 Å². The molecule has 0 amide bonds. The summed E-state index contributed by atoms with van der Waals surface area (Å²) >= 11 is 1.78. The van der Waals surface area contributed by atoms with E-state index in [9.17, 15) is 0 Å². The topological polar surface area (TPSA) is 36.4 Å². The molecular formula is C18H26IN3S. The molecule has 0 unspecified atom stereocenters. The van der Waals surface area contributed by atoms with E-state index in [1.54, 1.807) is 11.3 Å². The molecule has 23 heavy (non-hydrogen) atoms. The first kappa shape index (κ1) is 20.0. The lowest BCUT2D eigenvalue weighted by Crippen LogP contribution is -2.43. The van der Waals surface area contributed by atoms with E-state index in [4.69, 9.17) is 0 Å². The number of benzene rings is 1. The van der Waals surface area contributed by atoms with Gasteiger partial charge in [-0.25, -0.2) is 0 Å². The summed E-state index contributed by atoms with van der Waals surface area (Å²) in [6, 6.07) is 12.7. The Bertz CT molecular complexity index is 620. The molecule has 1 aromatic heterocycles. The van der Waals surface area contributed by atoms with Crippen molar-refractivity contribution in [3.05, 3.63) is 57.8 Å². The lowest BCUT2D eigenvalue weighted by molar-refractivity contribution is 0.508.